The van der Waals surface area contributed by atoms with Crippen LogP contribution >= 0.6 is 0 Å². The predicted octanol–water partition coefficient (Wildman–Crippen LogP) is 4.81. The minimum Gasteiger partial charge on any atom is -0.457 e. The van der Waals surface area contributed by atoms with E-state index in [1.54, 1.807) is 6.20 Å². The number of morpholine rings is 1. The van der Waals surface area contributed by atoms with Crippen LogP contribution < -0.4 is 5.32 Å². The molecule has 4 aromatic rings. The van der Waals surface area contributed by atoms with E-state index in [0.29, 0.717) is 30.2 Å². The first kappa shape index (κ1) is 20.4. The fraction of sp³-hybridized carbons (Fsp3) is 0.231. The van der Waals surface area contributed by atoms with E-state index >= 15 is 0 Å². The summed E-state index contributed by atoms with van der Waals surface area (Å²) < 4.78 is 12.0. The first-order chi connectivity index (χ1) is 15.7. The summed E-state index contributed by atoms with van der Waals surface area (Å²) in [6.07, 6.45) is 3.62. The molecule has 2 aromatic heterocycles. The second-order valence-corrected chi connectivity index (χ2v) is 7.99. The molecule has 6 nitrogen and oxygen atoms in total. The molecule has 0 saturated carbocycles. The van der Waals surface area contributed by atoms with Gasteiger partial charge >= 0.3 is 0 Å². The van der Waals surface area contributed by atoms with E-state index in [1.165, 1.54) is 0 Å². The molecule has 1 aliphatic rings. The van der Waals surface area contributed by atoms with Crippen molar-refractivity contribution in [3.05, 3.63) is 95.5 Å². The van der Waals surface area contributed by atoms with Gasteiger partial charge in [0.15, 0.2) is 5.76 Å². The molecule has 1 aliphatic heterocycles. The maximum Gasteiger partial charge on any atom is 0.255 e. The van der Waals surface area contributed by atoms with E-state index in [0.717, 1.165) is 35.2 Å². The number of hydrogen-bond acceptors (Lipinski definition) is 5. The molecule has 0 aliphatic carbocycles. The SMILES string of the molecule is Cc1ccc(C(=O)Nc2c(C(c3cccnc3)N3CCOCC3)oc3ccccc23)cc1. The van der Waals surface area contributed by atoms with Crippen molar-refractivity contribution in [3.63, 3.8) is 0 Å². The number of furan rings is 1. The number of benzene rings is 2. The number of aryl methyl sites for hydroxylation is 1. The molecule has 1 amide bonds. The zero-order chi connectivity index (χ0) is 21.9. The Bertz CT molecular complexity index is 1210. The summed E-state index contributed by atoms with van der Waals surface area (Å²) in [7, 11) is 0. The highest BCUT2D eigenvalue weighted by atomic mass is 16.5. The van der Waals surface area contributed by atoms with Gasteiger partial charge in [-0.25, -0.2) is 0 Å². The van der Waals surface area contributed by atoms with Gasteiger partial charge < -0.3 is 14.5 Å². The molecule has 1 unspecified atom stereocenters. The fourth-order valence-corrected chi connectivity index (χ4v) is 4.18. The Morgan fingerprint density at radius 3 is 2.56 bits per heavy atom. The monoisotopic (exact) mass is 427 g/mol. The van der Waals surface area contributed by atoms with Gasteiger partial charge in [0.2, 0.25) is 0 Å². The third kappa shape index (κ3) is 4.02. The van der Waals surface area contributed by atoms with Gasteiger partial charge in [-0.05, 0) is 42.8 Å². The quantitative estimate of drug-likeness (QED) is 0.495. The molecule has 1 N–H and O–H groups in total. The first-order valence-corrected chi connectivity index (χ1v) is 10.8. The Morgan fingerprint density at radius 1 is 1.03 bits per heavy atom. The van der Waals surface area contributed by atoms with Gasteiger partial charge in [0.1, 0.15) is 5.58 Å². The van der Waals surface area contributed by atoms with Crippen LogP contribution in [0.15, 0.2) is 77.5 Å². The van der Waals surface area contributed by atoms with Crippen molar-refractivity contribution >= 4 is 22.6 Å². The molecule has 6 heteroatoms. The molecule has 1 fully saturated rings. The van der Waals surface area contributed by atoms with Gasteiger partial charge in [0, 0.05) is 36.4 Å². The van der Waals surface area contributed by atoms with Crippen LogP contribution in [0.25, 0.3) is 11.0 Å². The molecular formula is C26H25N3O3. The number of para-hydroxylation sites is 1. The van der Waals surface area contributed by atoms with Crippen LogP contribution in [0.2, 0.25) is 0 Å². The number of nitrogens with zero attached hydrogens (tertiary/aromatic N) is 2. The Labute approximate surface area is 186 Å². The highest BCUT2D eigenvalue weighted by Gasteiger charge is 2.31. The third-order valence-corrected chi connectivity index (χ3v) is 5.83. The number of pyridine rings is 1. The summed E-state index contributed by atoms with van der Waals surface area (Å²) in [5, 5.41) is 4.03. The molecule has 1 atom stereocenters. The predicted molar refractivity (Wildman–Crippen MR) is 124 cm³/mol. The molecule has 0 radical (unpaired) electrons. The van der Waals surface area contributed by atoms with Crippen LogP contribution in [-0.4, -0.2) is 42.1 Å². The van der Waals surface area contributed by atoms with Crippen LogP contribution in [0.5, 0.6) is 0 Å². The number of carbonyl (C=O) groups excluding carboxylic acids is 1. The fourth-order valence-electron chi connectivity index (χ4n) is 4.18. The summed E-state index contributed by atoms with van der Waals surface area (Å²) in [5.74, 6) is 0.547. The van der Waals surface area contributed by atoms with E-state index < -0.39 is 0 Å². The van der Waals surface area contributed by atoms with E-state index in [9.17, 15) is 4.79 Å². The lowest BCUT2D eigenvalue weighted by atomic mass is 10.0. The lowest BCUT2D eigenvalue weighted by Gasteiger charge is -2.33. The summed E-state index contributed by atoms with van der Waals surface area (Å²) in [6.45, 7) is 4.85. The minimum atomic E-state index is -0.187. The van der Waals surface area contributed by atoms with Crippen molar-refractivity contribution in [1.29, 1.82) is 0 Å². The number of rotatable bonds is 5. The molecule has 0 spiro atoms. The number of fused-ring (bicyclic) bond motifs is 1. The number of nitrogens with one attached hydrogen (secondary N) is 1. The molecule has 0 bridgehead atoms. The lowest BCUT2D eigenvalue weighted by molar-refractivity contribution is 0.0205. The summed E-state index contributed by atoms with van der Waals surface area (Å²) in [5.41, 5.74) is 4.17. The second kappa shape index (κ2) is 8.94. The highest BCUT2D eigenvalue weighted by Crippen LogP contribution is 2.40. The minimum absolute atomic E-state index is 0.162. The summed E-state index contributed by atoms with van der Waals surface area (Å²) >= 11 is 0. The van der Waals surface area contributed by atoms with E-state index in [4.69, 9.17) is 9.15 Å². The standard InChI is InChI=1S/C26H25N3O3/c1-18-8-10-19(11-9-18)26(30)28-23-21-6-2-3-7-22(21)32-25(23)24(20-5-4-12-27-17-20)29-13-15-31-16-14-29/h2-12,17,24H,13-16H2,1H3,(H,28,30). The first-order valence-electron chi connectivity index (χ1n) is 10.8. The second-order valence-electron chi connectivity index (χ2n) is 7.99. The molecule has 2 aromatic carbocycles. The van der Waals surface area contributed by atoms with Gasteiger partial charge in [0.25, 0.3) is 5.91 Å². The average Bonchev–Trinajstić information content (AvgIpc) is 3.19. The molecule has 5 rings (SSSR count). The number of hydrogen-bond donors (Lipinski definition) is 1. The van der Waals surface area contributed by atoms with E-state index in [2.05, 4.69) is 15.2 Å². The molecule has 1 saturated heterocycles. The number of carbonyl (C=O) groups is 1. The van der Waals surface area contributed by atoms with Gasteiger partial charge in [-0.2, -0.15) is 0 Å². The zero-order valence-corrected chi connectivity index (χ0v) is 18.0. The number of anilines is 1. The highest BCUT2D eigenvalue weighted by molar-refractivity contribution is 6.09. The maximum atomic E-state index is 13.2. The van der Waals surface area contributed by atoms with Crippen LogP contribution in [0.1, 0.15) is 33.3 Å². The lowest BCUT2D eigenvalue weighted by Crippen LogP contribution is -2.39. The summed E-state index contributed by atoms with van der Waals surface area (Å²) in [4.78, 5) is 19.8. The van der Waals surface area contributed by atoms with Gasteiger partial charge in [-0.1, -0.05) is 35.9 Å². The van der Waals surface area contributed by atoms with Gasteiger partial charge in [-0.3, -0.25) is 14.7 Å². The molecule has 32 heavy (non-hydrogen) atoms. The van der Waals surface area contributed by atoms with Crippen molar-refractivity contribution in [1.82, 2.24) is 9.88 Å². The van der Waals surface area contributed by atoms with Crippen LogP contribution in [0.4, 0.5) is 5.69 Å². The Kier molecular flexibility index (Phi) is 5.71. The van der Waals surface area contributed by atoms with Crippen molar-refractivity contribution < 1.29 is 13.9 Å². The van der Waals surface area contributed by atoms with Gasteiger partial charge in [0.05, 0.1) is 24.9 Å². The van der Waals surface area contributed by atoms with E-state index in [-0.39, 0.29) is 11.9 Å². The van der Waals surface area contributed by atoms with Gasteiger partial charge in [-0.15, -0.1) is 0 Å². The largest absolute Gasteiger partial charge is 0.457 e. The third-order valence-electron chi connectivity index (χ3n) is 5.83. The zero-order valence-electron chi connectivity index (χ0n) is 18.0. The Balaban J connectivity index is 1.61. The molecule has 162 valence electrons. The Hall–Kier alpha value is -3.48. The average molecular weight is 428 g/mol. The summed E-state index contributed by atoms with van der Waals surface area (Å²) in [6, 6.07) is 19.2. The van der Waals surface area contributed by atoms with Crippen LogP contribution in [0.3, 0.4) is 0 Å². The smallest absolute Gasteiger partial charge is 0.255 e. The number of amides is 1. The van der Waals surface area contributed by atoms with Crippen LogP contribution in [0, 0.1) is 6.92 Å². The molecular weight excluding hydrogens is 402 g/mol. The topological polar surface area (TPSA) is 67.6 Å². The van der Waals surface area contributed by atoms with E-state index in [1.807, 2.05) is 73.8 Å². The van der Waals surface area contributed by atoms with Crippen molar-refractivity contribution in [2.45, 2.75) is 13.0 Å². The number of aromatic nitrogens is 1. The van der Waals surface area contributed by atoms with Crippen LogP contribution in [-0.2, 0) is 4.74 Å². The van der Waals surface area contributed by atoms with Crippen molar-refractivity contribution in [3.8, 4) is 0 Å². The van der Waals surface area contributed by atoms with Crippen molar-refractivity contribution in [2.75, 3.05) is 31.6 Å². The van der Waals surface area contributed by atoms with Crippen molar-refractivity contribution in [2.24, 2.45) is 0 Å². The molecule has 3 heterocycles. The maximum absolute atomic E-state index is 13.2. The number of ether oxygens (including phenoxy) is 1. The normalized spacial score (nSPS) is 15.5. The Morgan fingerprint density at radius 2 is 1.81 bits per heavy atom.